The summed E-state index contributed by atoms with van der Waals surface area (Å²) >= 11 is 0. The van der Waals surface area contributed by atoms with E-state index in [2.05, 4.69) is 0 Å². The van der Waals surface area contributed by atoms with Crippen LogP contribution in [0.25, 0.3) is 0 Å². The molecule has 2 aromatic carbocycles. The number of nitrogens with zero attached hydrogens (tertiary/aromatic N) is 2. The van der Waals surface area contributed by atoms with E-state index in [1.807, 2.05) is 48.5 Å². The van der Waals surface area contributed by atoms with Crippen molar-refractivity contribution in [3.63, 3.8) is 0 Å². The number of aromatic nitrogens is 2. The van der Waals surface area contributed by atoms with Crippen molar-refractivity contribution in [2.24, 2.45) is 5.73 Å². The van der Waals surface area contributed by atoms with Crippen LogP contribution in [-0.4, -0.2) is 29.9 Å². The molecule has 7 heteroatoms. The summed E-state index contributed by atoms with van der Waals surface area (Å²) in [7, 11) is 3.21. The Hall–Kier alpha value is -3.32. The summed E-state index contributed by atoms with van der Waals surface area (Å²) in [4.78, 5) is 26.0. The zero-order chi connectivity index (χ0) is 21.5. The normalized spacial score (nSPS) is 10.8. The molecule has 0 aliphatic carbocycles. The van der Waals surface area contributed by atoms with Crippen molar-refractivity contribution in [3.05, 3.63) is 92.3 Å². The van der Waals surface area contributed by atoms with Gasteiger partial charge in [-0.3, -0.25) is 13.9 Å². The third-order valence-electron chi connectivity index (χ3n) is 5.00. The standard InChI is InChI=1S/C23H27N3O4/c1-29-20-9-5-17(6-10-20)15-25-19(4-3-13-24)14-22(27)26(23(25)28)16-18-7-11-21(30-2)12-8-18/h5-12,14H,3-4,13,15-16,24H2,1-2H3. The fourth-order valence-corrected chi connectivity index (χ4v) is 3.29. The van der Waals surface area contributed by atoms with Crippen LogP contribution in [-0.2, 0) is 19.5 Å². The van der Waals surface area contributed by atoms with Crippen LogP contribution >= 0.6 is 0 Å². The summed E-state index contributed by atoms with van der Waals surface area (Å²) in [5, 5.41) is 0. The highest BCUT2D eigenvalue weighted by molar-refractivity contribution is 5.28. The minimum absolute atomic E-state index is 0.196. The van der Waals surface area contributed by atoms with E-state index in [-0.39, 0.29) is 17.8 Å². The fourth-order valence-electron chi connectivity index (χ4n) is 3.29. The third-order valence-corrected chi connectivity index (χ3v) is 5.00. The smallest absolute Gasteiger partial charge is 0.331 e. The summed E-state index contributed by atoms with van der Waals surface area (Å²) in [5.74, 6) is 1.47. The van der Waals surface area contributed by atoms with Gasteiger partial charge in [0.15, 0.2) is 0 Å². The quantitative estimate of drug-likeness (QED) is 0.584. The molecule has 0 fully saturated rings. The van der Waals surface area contributed by atoms with Crippen molar-refractivity contribution in [1.82, 2.24) is 9.13 Å². The Kier molecular flexibility index (Phi) is 7.08. The summed E-state index contributed by atoms with van der Waals surface area (Å²) in [6.07, 6.45) is 1.27. The lowest BCUT2D eigenvalue weighted by Crippen LogP contribution is -2.41. The first-order chi connectivity index (χ1) is 14.5. The van der Waals surface area contributed by atoms with Crippen molar-refractivity contribution in [1.29, 1.82) is 0 Å². The summed E-state index contributed by atoms with van der Waals surface area (Å²) in [5.41, 5.74) is 7.49. The van der Waals surface area contributed by atoms with Crippen LogP contribution in [0, 0.1) is 0 Å². The fraction of sp³-hybridized carbons (Fsp3) is 0.304. The SMILES string of the molecule is COc1ccc(Cn2c(CCCN)cc(=O)n(Cc3ccc(OC)cc3)c2=O)cc1. The number of nitrogens with two attached hydrogens (primary N) is 1. The zero-order valence-electron chi connectivity index (χ0n) is 17.3. The average molecular weight is 409 g/mol. The molecule has 0 amide bonds. The molecule has 0 aliphatic rings. The first-order valence-corrected chi connectivity index (χ1v) is 9.85. The molecule has 0 radical (unpaired) electrons. The highest BCUT2D eigenvalue weighted by atomic mass is 16.5. The first kappa shape index (κ1) is 21.4. The minimum atomic E-state index is -0.332. The van der Waals surface area contributed by atoms with Crippen LogP contribution in [0.15, 0.2) is 64.2 Å². The van der Waals surface area contributed by atoms with Crippen LogP contribution in [0.5, 0.6) is 11.5 Å². The van der Waals surface area contributed by atoms with Gasteiger partial charge in [0.05, 0.1) is 27.3 Å². The molecule has 3 rings (SSSR count). The number of aryl methyl sites for hydroxylation is 1. The molecular formula is C23H27N3O4. The second-order valence-electron chi connectivity index (χ2n) is 7.02. The highest BCUT2D eigenvalue weighted by Crippen LogP contribution is 2.14. The molecule has 0 spiro atoms. The van der Waals surface area contributed by atoms with Gasteiger partial charge in [-0.1, -0.05) is 24.3 Å². The van der Waals surface area contributed by atoms with E-state index in [9.17, 15) is 9.59 Å². The van der Waals surface area contributed by atoms with Gasteiger partial charge in [0.25, 0.3) is 5.56 Å². The van der Waals surface area contributed by atoms with Gasteiger partial charge in [0.2, 0.25) is 0 Å². The summed E-state index contributed by atoms with van der Waals surface area (Å²) in [6, 6.07) is 16.4. The molecule has 1 aromatic heterocycles. The lowest BCUT2D eigenvalue weighted by molar-refractivity contribution is 0.414. The van der Waals surface area contributed by atoms with Gasteiger partial charge in [-0.05, 0) is 54.8 Å². The van der Waals surface area contributed by atoms with Gasteiger partial charge in [-0.15, -0.1) is 0 Å². The number of hydrogen-bond acceptors (Lipinski definition) is 5. The van der Waals surface area contributed by atoms with Gasteiger partial charge in [-0.2, -0.15) is 0 Å². The Labute approximate surface area is 175 Å². The minimum Gasteiger partial charge on any atom is -0.497 e. The van der Waals surface area contributed by atoms with Crippen LogP contribution in [0.2, 0.25) is 0 Å². The van der Waals surface area contributed by atoms with E-state index in [1.54, 1.807) is 24.9 Å². The molecule has 0 saturated heterocycles. The maximum atomic E-state index is 13.3. The predicted molar refractivity (Wildman–Crippen MR) is 117 cm³/mol. The Morgan fingerprint density at radius 1 is 0.800 bits per heavy atom. The molecule has 3 aromatic rings. The van der Waals surface area contributed by atoms with E-state index in [1.165, 1.54) is 4.57 Å². The maximum absolute atomic E-state index is 13.3. The monoisotopic (exact) mass is 409 g/mol. The molecule has 158 valence electrons. The van der Waals surface area contributed by atoms with E-state index in [0.29, 0.717) is 31.6 Å². The Bertz CT molecular complexity index is 1080. The summed E-state index contributed by atoms with van der Waals surface area (Å²) in [6.45, 7) is 1.05. The third kappa shape index (κ3) is 4.99. The zero-order valence-corrected chi connectivity index (χ0v) is 17.3. The molecular weight excluding hydrogens is 382 g/mol. The van der Waals surface area contributed by atoms with Crippen molar-refractivity contribution in [2.45, 2.75) is 25.9 Å². The van der Waals surface area contributed by atoms with Gasteiger partial charge in [0, 0.05) is 11.8 Å². The second-order valence-corrected chi connectivity index (χ2v) is 7.02. The Balaban J connectivity index is 1.99. The molecule has 0 aliphatic heterocycles. The van der Waals surface area contributed by atoms with Crippen molar-refractivity contribution < 1.29 is 9.47 Å². The highest BCUT2D eigenvalue weighted by Gasteiger charge is 2.13. The van der Waals surface area contributed by atoms with E-state index < -0.39 is 0 Å². The number of methoxy groups -OCH3 is 2. The molecule has 0 unspecified atom stereocenters. The molecule has 0 atom stereocenters. The molecule has 30 heavy (non-hydrogen) atoms. The van der Waals surface area contributed by atoms with Gasteiger partial charge < -0.3 is 15.2 Å². The van der Waals surface area contributed by atoms with E-state index in [4.69, 9.17) is 15.2 Å². The maximum Gasteiger partial charge on any atom is 0.331 e. The average Bonchev–Trinajstić information content (AvgIpc) is 2.78. The van der Waals surface area contributed by atoms with Crippen LogP contribution in [0.1, 0.15) is 23.2 Å². The van der Waals surface area contributed by atoms with Crippen molar-refractivity contribution in [2.75, 3.05) is 20.8 Å². The topological polar surface area (TPSA) is 88.5 Å². The largest absolute Gasteiger partial charge is 0.497 e. The number of rotatable bonds is 9. The number of benzene rings is 2. The predicted octanol–water partition coefficient (Wildman–Crippen LogP) is 2.02. The molecule has 1 heterocycles. The molecule has 2 N–H and O–H groups in total. The van der Waals surface area contributed by atoms with Crippen LogP contribution in [0.3, 0.4) is 0 Å². The molecule has 0 bridgehead atoms. The van der Waals surface area contributed by atoms with Gasteiger partial charge >= 0.3 is 5.69 Å². The van der Waals surface area contributed by atoms with Crippen LogP contribution < -0.4 is 26.5 Å². The second kappa shape index (κ2) is 9.93. The van der Waals surface area contributed by atoms with Crippen LogP contribution in [0.4, 0.5) is 0 Å². The number of hydrogen-bond donors (Lipinski definition) is 1. The lowest BCUT2D eigenvalue weighted by atomic mass is 10.1. The van der Waals surface area contributed by atoms with Gasteiger partial charge in [0.1, 0.15) is 11.5 Å². The van der Waals surface area contributed by atoms with E-state index >= 15 is 0 Å². The lowest BCUT2D eigenvalue weighted by Gasteiger charge is -2.16. The Morgan fingerprint density at radius 2 is 1.30 bits per heavy atom. The summed E-state index contributed by atoms with van der Waals surface area (Å²) < 4.78 is 13.3. The van der Waals surface area contributed by atoms with Gasteiger partial charge in [-0.25, -0.2) is 4.79 Å². The van der Waals surface area contributed by atoms with E-state index in [0.717, 1.165) is 22.6 Å². The first-order valence-electron chi connectivity index (χ1n) is 9.85. The number of ether oxygens (including phenoxy) is 2. The Morgan fingerprint density at radius 3 is 1.77 bits per heavy atom. The van der Waals surface area contributed by atoms with Crippen molar-refractivity contribution in [3.8, 4) is 11.5 Å². The molecule has 7 nitrogen and oxygen atoms in total. The molecule has 0 saturated carbocycles. The van der Waals surface area contributed by atoms with Crippen molar-refractivity contribution >= 4 is 0 Å².